The van der Waals surface area contributed by atoms with Crippen LogP contribution in [-0.4, -0.2) is 6.54 Å². The number of aryl methyl sites for hydroxylation is 1. The predicted octanol–water partition coefficient (Wildman–Crippen LogP) is 3.61. The fourth-order valence-corrected chi connectivity index (χ4v) is 1.97. The van der Waals surface area contributed by atoms with E-state index < -0.39 is 0 Å². The lowest BCUT2D eigenvalue weighted by Gasteiger charge is -2.16. The first-order chi connectivity index (χ1) is 8.74. The van der Waals surface area contributed by atoms with E-state index in [1.54, 1.807) is 0 Å². The Labute approximate surface area is 112 Å². The van der Waals surface area contributed by atoms with Crippen LogP contribution in [0.1, 0.15) is 24.5 Å². The Balaban J connectivity index is 2.17. The molecule has 0 aliphatic heterocycles. The van der Waals surface area contributed by atoms with Gasteiger partial charge in [0.05, 0.1) is 16.8 Å². The number of nitrogens with two attached hydrogens (primary N) is 1. The van der Waals surface area contributed by atoms with Gasteiger partial charge in [0.2, 0.25) is 0 Å². The molecule has 0 spiro atoms. The summed E-state index contributed by atoms with van der Waals surface area (Å²) in [5.74, 6) is 1.80. The van der Waals surface area contributed by atoms with Crippen molar-refractivity contribution in [3.63, 3.8) is 0 Å². The molecule has 1 heterocycles. The lowest BCUT2D eigenvalue weighted by atomic mass is 10.2. The Morgan fingerprint density at radius 3 is 2.67 bits per heavy atom. The van der Waals surface area contributed by atoms with Crippen molar-refractivity contribution in [2.75, 3.05) is 11.9 Å². The Morgan fingerprint density at radius 1 is 1.28 bits per heavy atom. The number of rotatable bonds is 5. The van der Waals surface area contributed by atoms with E-state index in [2.05, 4.69) is 12.2 Å². The number of furan rings is 1. The van der Waals surface area contributed by atoms with Crippen LogP contribution >= 0.6 is 11.6 Å². The van der Waals surface area contributed by atoms with Gasteiger partial charge < -0.3 is 15.5 Å². The van der Waals surface area contributed by atoms with Crippen molar-refractivity contribution in [2.24, 2.45) is 5.73 Å². The highest BCUT2D eigenvalue weighted by Gasteiger charge is 2.14. The van der Waals surface area contributed by atoms with Crippen molar-refractivity contribution in [3.05, 3.63) is 52.9 Å². The molecule has 4 heteroatoms. The highest BCUT2D eigenvalue weighted by atomic mass is 35.5. The number of benzene rings is 1. The first kappa shape index (κ1) is 13.0. The van der Waals surface area contributed by atoms with Crippen molar-refractivity contribution in [2.45, 2.75) is 19.4 Å². The lowest BCUT2D eigenvalue weighted by molar-refractivity contribution is 0.448. The van der Waals surface area contributed by atoms with E-state index in [-0.39, 0.29) is 6.04 Å². The average Bonchev–Trinajstić information content (AvgIpc) is 2.86. The molecule has 18 heavy (non-hydrogen) atoms. The normalized spacial score (nSPS) is 12.4. The molecule has 0 bridgehead atoms. The fraction of sp³-hybridized carbons (Fsp3) is 0.286. The molecule has 0 amide bonds. The molecule has 1 atom stereocenters. The minimum Gasteiger partial charge on any atom is -0.464 e. The van der Waals surface area contributed by atoms with Crippen molar-refractivity contribution in [1.29, 1.82) is 0 Å². The van der Waals surface area contributed by atoms with Gasteiger partial charge >= 0.3 is 0 Å². The van der Waals surface area contributed by atoms with Crippen molar-refractivity contribution >= 4 is 17.3 Å². The third-order valence-electron chi connectivity index (χ3n) is 2.81. The highest BCUT2D eigenvalue weighted by Crippen LogP contribution is 2.26. The van der Waals surface area contributed by atoms with Gasteiger partial charge in [-0.2, -0.15) is 0 Å². The molecule has 3 nitrogen and oxygen atoms in total. The number of hydrogen-bond acceptors (Lipinski definition) is 3. The summed E-state index contributed by atoms with van der Waals surface area (Å²) in [6.07, 6.45) is 0.878. The molecule has 0 saturated carbocycles. The van der Waals surface area contributed by atoms with Crippen LogP contribution < -0.4 is 11.1 Å². The maximum absolute atomic E-state index is 6.11. The zero-order valence-corrected chi connectivity index (χ0v) is 11.1. The number of para-hydroxylation sites is 1. The lowest BCUT2D eigenvalue weighted by Crippen LogP contribution is -2.20. The van der Waals surface area contributed by atoms with Gasteiger partial charge in [0.25, 0.3) is 0 Å². The van der Waals surface area contributed by atoms with Gasteiger partial charge in [0.1, 0.15) is 11.5 Å². The van der Waals surface area contributed by atoms with Crippen molar-refractivity contribution in [3.8, 4) is 0 Å². The van der Waals surface area contributed by atoms with Crippen molar-refractivity contribution in [1.82, 2.24) is 0 Å². The smallest absolute Gasteiger partial charge is 0.127 e. The number of anilines is 1. The molecular formula is C14H17ClN2O. The molecule has 0 aliphatic carbocycles. The third-order valence-corrected chi connectivity index (χ3v) is 3.14. The van der Waals surface area contributed by atoms with E-state index in [1.807, 2.05) is 36.4 Å². The second-order valence-corrected chi connectivity index (χ2v) is 4.48. The first-order valence-corrected chi connectivity index (χ1v) is 6.42. The Kier molecular flexibility index (Phi) is 4.28. The SMILES string of the molecule is CCc1ccc(C(CN)Nc2ccccc2Cl)o1. The summed E-state index contributed by atoms with van der Waals surface area (Å²) >= 11 is 6.11. The first-order valence-electron chi connectivity index (χ1n) is 6.04. The second-order valence-electron chi connectivity index (χ2n) is 4.07. The molecule has 0 radical (unpaired) electrons. The van der Waals surface area contributed by atoms with Crippen LogP contribution in [0.25, 0.3) is 0 Å². The molecule has 2 aromatic rings. The summed E-state index contributed by atoms with van der Waals surface area (Å²) in [6.45, 7) is 2.50. The van der Waals surface area contributed by atoms with Crippen LogP contribution in [0.2, 0.25) is 5.02 Å². The fourth-order valence-electron chi connectivity index (χ4n) is 1.78. The van der Waals surface area contributed by atoms with Gasteiger partial charge in [-0.1, -0.05) is 30.7 Å². The van der Waals surface area contributed by atoms with Crippen LogP contribution in [0.3, 0.4) is 0 Å². The topological polar surface area (TPSA) is 51.2 Å². The van der Waals surface area contributed by atoms with E-state index in [0.717, 1.165) is 23.6 Å². The average molecular weight is 265 g/mol. The Bertz CT molecular complexity index is 510. The minimum absolute atomic E-state index is 0.0646. The summed E-state index contributed by atoms with van der Waals surface area (Å²) in [4.78, 5) is 0. The number of halogens is 1. The van der Waals surface area contributed by atoms with E-state index >= 15 is 0 Å². The Hall–Kier alpha value is -1.45. The van der Waals surface area contributed by atoms with Gasteiger partial charge in [-0.15, -0.1) is 0 Å². The molecule has 0 saturated heterocycles. The molecular weight excluding hydrogens is 248 g/mol. The molecule has 96 valence electrons. The summed E-state index contributed by atoms with van der Waals surface area (Å²) < 4.78 is 5.71. The van der Waals surface area contributed by atoms with Crippen LogP contribution in [0.5, 0.6) is 0 Å². The summed E-state index contributed by atoms with van der Waals surface area (Å²) in [5, 5.41) is 3.98. The summed E-state index contributed by atoms with van der Waals surface area (Å²) in [5.41, 5.74) is 6.65. The maximum atomic E-state index is 6.11. The van der Waals surface area contributed by atoms with E-state index in [4.69, 9.17) is 21.8 Å². The molecule has 0 fully saturated rings. The Morgan fingerprint density at radius 2 is 2.06 bits per heavy atom. The molecule has 1 aromatic heterocycles. The van der Waals surface area contributed by atoms with Crippen molar-refractivity contribution < 1.29 is 4.42 Å². The largest absolute Gasteiger partial charge is 0.464 e. The summed E-state index contributed by atoms with van der Waals surface area (Å²) in [7, 11) is 0. The van der Waals surface area contributed by atoms with Crippen LogP contribution in [0.15, 0.2) is 40.8 Å². The monoisotopic (exact) mass is 264 g/mol. The zero-order valence-electron chi connectivity index (χ0n) is 10.3. The molecule has 2 rings (SSSR count). The minimum atomic E-state index is -0.0646. The van der Waals surface area contributed by atoms with Gasteiger partial charge in [-0.25, -0.2) is 0 Å². The standard InChI is InChI=1S/C14H17ClN2O/c1-2-10-7-8-14(18-10)13(9-16)17-12-6-4-3-5-11(12)15/h3-8,13,17H,2,9,16H2,1H3. The quantitative estimate of drug-likeness (QED) is 0.867. The van der Waals surface area contributed by atoms with E-state index in [1.165, 1.54) is 0 Å². The summed E-state index contributed by atoms with van der Waals surface area (Å²) in [6, 6.07) is 11.5. The number of hydrogen-bond donors (Lipinski definition) is 2. The highest BCUT2D eigenvalue weighted by molar-refractivity contribution is 6.33. The van der Waals surface area contributed by atoms with E-state index in [0.29, 0.717) is 11.6 Å². The number of nitrogens with one attached hydrogen (secondary N) is 1. The maximum Gasteiger partial charge on any atom is 0.127 e. The molecule has 1 unspecified atom stereocenters. The van der Waals surface area contributed by atoms with E-state index in [9.17, 15) is 0 Å². The molecule has 1 aromatic carbocycles. The van der Waals surface area contributed by atoms with Gasteiger partial charge in [0.15, 0.2) is 0 Å². The van der Waals surface area contributed by atoms with Gasteiger partial charge in [0, 0.05) is 13.0 Å². The third kappa shape index (κ3) is 2.86. The molecule has 3 N–H and O–H groups in total. The van der Waals surface area contributed by atoms with Crippen LogP contribution in [0.4, 0.5) is 5.69 Å². The van der Waals surface area contributed by atoms with Crippen LogP contribution in [-0.2, 0) is 6.42 Å². The predicted molar refractivity (Wildman–Crippen MR) is 75.0 cm³/mol. The van der Waals surface area contributed by atoms with Gasteiger partial charge in [-0.05, 0) is 24.3 Å². The van der Waals surface area contributed by atoms with Gasteiger partial charge in [-0.3, -0.25) is 0 Å². The second kappa shape index (κ2) is 5.94. The zero-order chi connectivity index (χ0) is 13.0. The van der Waals surface area contributed by atoms with Crippen LogP contribution in [0, 0.1) is 0 Å². The molecule has 0 aliphatic rings.